The molecule has 0 saturated heterocycles. The van der Waals surface area contributed by atoms with E-state index in [9.17, 15) is 9.59 Å². The number of carbonyl (C=O) groups excluding carboxylic acids is 1. The maximum absolute atomic E-state index is 12.4. The van der Waals surface area contributed by atoms with Crippen LogP contribution in [0.5, 0.6) is 0 Å². The summed E-state index contributed by atoms with van der Waals surface area (Å²) in [5.41, 5.74) is 3.61. The van der Waals surface area contributed by atoms with Gasteiger partial charge in [0.25, 0.3) is 5.56 Å². The van der Waals surface area contributed by atoms with E-state index in [1.54, 1.807) is 24.3 Å². The van der Waals surface area contributed by atoms with Gasteiger partial charge in [0.2, 0.25) is 0 Å². The number of halogens is 1. The molecule has 1 aliphatic rings. The van der Waals surface area contributed by atoms with Gasteiger partial charge in [0.05, 0.1) is 18.0 Å². The van der Waals surface area contributed by atoms with Crippen molar-refractivity contribution < 1.29 is 4.79 Å². The second-order valence-electron chi connectivity index (χ2n) is 6.91. The standard InChI is InChI=1S/C22H20ClN3O2S/c23-17-9-7-16(8-10-17)20(27)14-29-22-24-18(12-21(28)25-22)13-26-11-3-5-15-4-1-2-6-19(15)26/h1-2,4,6-10,12H,3,5,11,13-14H2,(H,24,25,28). The minimum Gasteiger partial charge on any atom is -0.365 e. The van der Waals surface area contributed by atoms with Crippen LogP contribution in [0.3, 0.4) is 0 Å². The molecule has 29 heavy (non-hydrogen) atoms. The predicted octanol–water partition coefficient (Wildman–Crippen LogP) is 4.35. The van der Waals surface area contributed by atoms with Crippen LogP contribution in [0.1, 0.15) is 28.0 Å². The third-order valence-electron chi connectivity index (χ3n) is 4.84. The molecule has 2 heterocycles. The normalized spacial score (nSPS) is 13.2. The first-order valence-corrected chi connectivity index (χ1v) is 10.8. The van der Waals surface area contributed by atoms with Crippen molar-refractivity contribution in [1.82, 2.24) is 9.97 Å². The molecule has 2 aromatic carbocycles. The van der Waals surface area contributed by atoms with E-state index in [-0.39, 0.29) is 17.1 Å². The maximum Gasteiger partial charge on any atom is 0.251 e. The molecular weight excluding hydrogens is 406 g/mol. The first kappa shape index (κ1) is 19.7. The highest BCUT2D eigenvalue weighted by Crippen LogP contribution is 2.27. The fraction of sp³-hybridized carbons (Fsp3) is 0.227. The summed E-state index contributed by atoms with van der Waals surface area (Å²) in [5.74, 6) is 0.158. The van der Waals surface area contributed by atoms with Crippen LogP contribution in [-0.4, -0.2) is 28.0 Å². The molecule has 0 unspecified atom stereocenters. The average molecular weight is 426 g/mol. The monoisotopic (exact) mass is 425 g/mol. The van der Waals surface area contributed by atoms with Crippen molar-refractivity contribution in [2.45, 2.75) is 24.5 Å². The van der Waals surface area contributed by atoms with Gasteiger partial charge < -0.3 is 9.88 Å². The van der Waals surface area contributed by atoms with Crippen molar-refractivity contribution in [1.29, 1.82) is 0 Å². The molecule has 0 bridgehead atoms. The van der Waals surface area contributed by atoms with Gasteiger partial charge >= 0.3 is 0 Å². The zero-order valence-electron chi connectivity index (χ0n) is 15.7. The number of aryl methyl sites for hydroxylation is 1. The van der Waals surface area contributed by atoms with E-state index < -0.39 is 0 Å². The summed E-state index contributed by atoms with van der Waals surface area (Å²) in [6.07, 6.45) is 2.15. The number of anilines is 1. The molecule has 0 fully saturated rings. The zero-order valence-corrected chi connectivity index (χ0v) is 17.3. The van der Waals surface area contributed by atoms with Crippen molar-refractivity contribution in [3.05, 3.63) is 86.8 Å². The molecule has 0 amide bonds. The number of ketones is 1. The Morgan fingerprint density at radius 3 is 2.79 bits per heavy atom. The van der Waals surface area contributed by atoms with Gasteiger partial charge in [0.15, 0.2) is 10.9 Å². The third-order valence-corrected chi connectivity index (χ3v) is 5.96. The number of nitrogens with zero attached hydrogens (tertiary/aromatic N) is 2. The summed E-state index contributed by atoms with van der Waals surface area (Å²) in [6, 6.07) is 16.7. The summed E-state index contributed by atoms with van der Waals surface area (Å²) >= 11 is 7.10. The number of nitrogens with one attached hydrogen (secondary N) is 1. The van der Waals surface area contributed by atoms with Gasteiger partial charge in [0, 0.05) is 28.9 Å². The number of aromatic amines is 1. The van der Waals surface area contributed by atoms with Gasteiger partial charge in [-0.3, -0.25) is 9.59 Å². The quantitative estimate of drug-likeness (QED) is 0.361. The molecule has 0 aliphatic carbocycles. The number of hydrogen-bond acceptors (Lipinski definition) is 5. The van der Waals surface area contributed by atoms with Gasteiger partial charge in [-0.1, -0.05) is 41.6 Å². The number of thioether (sulfide) groups is 1. The van der Waals surface area contributed by atoms with Crippen molar-refractivity contribution >= 4 is 34.8 Å². The van der Waals surface area contributed by atoms with E-state index in [4.69, 9.17) is 11.6 Å². The molecule has 3 aromatic rings. The van der Waals surface area contributed by atoms with Gasteiger partial charge in [-0.05, 0) is 48.7 Å². The van der Waals surface area contributed by atoms with Crippen LogP contribution < -0.4 is 10.5 Å². The summed E-state index contributed by atoms with van der Waals surface area (Å²) < 4.78 is 0. The fourth-order valence-corrected chi connectivity index (χ4v) is 4.37. The Balaban J connectivity index is 1.46. The third kappa shape index (κ3) is 4.89. The van der Waals surface area contributed by atoms with Gasteiger partial charge in [-0.15, -0.1) is 0 Å². The highest BCUT2D eigenvalue weighted by molar-refractivity contribution is 7.99. The van der Waals surface area contributed by atoms with Gasteiger partial charge in [-0.25, -0.2) is 4.98 Å². The Kier molecular flexibility index (Phi) is 6.02. The fourth-order valence-electron chi connectivity index (χ4n) is 3.46. The second kappa shape index (κ2) is 8.84. The highest BCUT2D eigenvalue weighted by atomic mass is 35.5. The molecule has 1 aromatic heterocycles. The van der Waals surface area contributed by atoms with Gasteiger partial charge in [-0.2, -0.15) is 0 Å². The first-order chi connectivity index (χ1) is 14.1. The molecule has 0 spiro atoms. The molecule has 0 saturated carbocycles. The van der Waals surface area contributed by atoms with Crippen LogP contribution in [0.15, 0.2) is 64.5 Å². The molecule has 1 N–H and O–H groups in total. The Morgan fingerprint density at radius 2 is 1.97 bits per heavy atom. The van der Waals surface area contributed by atoms with E-state index in [1.807, 2.05) is 6.07 Å². The van der Waals surface area contributed by atoms with Crippen LogP contribution in [0.2, 0.25) is 5.02 Å². The summed E-state index contributed by atoms with van der Waals surface area (Å²) in [4.78, 5) is 34.0. The zero-order chi connectivity index (χ0) is 20.2. The highest BCUT2D eigenvalue weighted by Gasteiger charge is 2.17. The smallest absolute Gasteiger partial charge is 0.251 e. The summed E-state index contributed by atoms with van der Waals surface area (Å²) in [6.45, 7) is 1.50. The second-order valence-corrected chi connectivity index (χ2v) is 8.31. The largest absolute Gasteiger partial charge is 0.365 e. The minimum absolute atomic E-state index is 0.0373. The molecule has 0 radical (unpaired) electrons. The van der Waals surface area contributed by atoms with Crippen LogP contribution >= 0.6 is 23.4 Å². The van der Waals surface area contributed by atoms with Crippen molar-refractivity contribution in [2.24, 2.45) is 0 Å². The number of H-pyrrole nitrogens is 1. The number of carbonyl (C=O) groups is 1. The number of rotatable bonds is 6. The average Bonchev–Trinajstić information content (AvgIpc) is 2.72. The van der Waals surface area contributed by atoms with Crippen LogP contribution in [0, 0.1) is 0 Å². The lowest BCUT2D eigenvalue weighted by molar-refractivity contribution is 0.102. The molecule has 0 atom stereocenters. The predicted molar refractivity (Wildman–Crippen MR) is 117 cm³/mol. The Bertz CT molecular complexity index is 1080. The maximum atomic E-state index is 12.4. The molecule has 148 valence electrons. The lowest BCUT2D eigenvalue weighted by Crippen LogP contribution is -2.29. The van der Waals surface area contributed by atoms with Crippen LogP contribution in [0.25, 0.3) is 0 Å². The number of para-hydroxylation sites is 1. The minimum atomic E-state index is -0.207. The van der Waals surface area contributed by atoms with E-state index >= 15 is 0 Å². The summed E-state index contributed by atoms with van der Waals surface area (Å²) in [7, 11) is 0. The van der Waals surface area contributed by atoms with Crippen molar-refractivity contribution in [3.63, 3.8) is 0 Å². The molecule has 1 aliphatic heterocycles. The van der Waals surface area contributed by atoms with Crippen molar-refractivity contribution in [2.75, 3.05) is 17.2 Å². The SMILES string of the molecule is O=C(CSc1nc(CN2CCCc3ccccc32)cc(=O)[nH]1)c1ccc(Cl)cc1. The number of aromatic nitrogens is 2. The Labute approximate surface area is 178 Å². The number of benzene rings is 2. The molecule has 7 heteroatoms. The lowest BCUT2D eigenvalue weighted by Gasteiger charge is -2.31. The topological polar surface area (TPSA) is 66.1 Å². The first-order valence-electron chi connectivity index (χ1n) is 9.43. The number of Topliss-reactive ketones (excluding diaryl/α,β-unsaturated/α-hetero) is 1. The van der Waals surface area contributed by atoms with Gasteiger partial charge in [0.1, 0.15) is 0 Å². The lowest BCUT2D eigenvalue weighted by atomic mass is 10.0. The van der Waals surface area contributed by atoms with E-state index in [0.29, 0.717) is 28.0 Å². The van der Waals surface area contributed by atoms with Crippen LogP contribution in [0.4, 0.5) is 5.69 Å². The van der Waals surface area contributed by atoms with Crippen molar-refractivity contribution in [3.8, 4) is 0 Å². The number of fused-ring (bicyclic) bond motifs is 1. The Hall–Kier alpha value is -2.57. The van der Waals surface area contributed by atoms with Crippen LogP contribution in [-0.2, 0) is 13.0 Å². The van der Waals surface area contributed by atoms with E-state index in [0.717, 1.165) is 19.4 Å². The molecule has 4 rings (SSSR count). The molecule has 5 nitrogen and oxygen atoms in total. The molecular formula is C22H20ClN3O2S. The number of hydrogen-bond donors (Lipinski definition) is 1. The van der Waals surface area contributed by atoms with E-state index in [2.05, 4.69) is 33.1 Å². The summed E-state index contributed by atoms with van der Waals surface area (Å²) in [5, 5.41) is 1.05. The Morgan fingerprint density at radius 1 is 1.17 bits per heavy atom. The van der Waals surface area contributed by atoms with E-state index in [1.165, 1.54) is 29.1 Å².